The van der Waals surface area contributed by atoms with E-state index in [0.29, 0.717) is 33.9 Å². The summed E-state index contributed by atoms with van der Waals surface area (Å²) in [6.45, 7) is 0.296. The summed E-state index contributed by atoms with van der Waals surface area (Å²) in [4.78, 5) is 13.1. The Balaban J connectivity index is 1.58. The molecule has 0 fully saturated rings. The molecular formula is C24H20N2O5S. The first-order valence-electron chi connectivity index (χ1n) is 10.0. The number of sulfonamides is 1. The van der Waals surface area contributed by atoms with Gasteiger partial charge in [-0.3, -0.25) is 9.10 Å². The van der Waals surface area contributed by atoms with E-state index in [0.717, 1.165) is 9.87 Å². The Bertz CT molecular complexity index is 1350. The summed E-state index contributed by atoms with van der Waals surface area (Å²) in [6.07, 6.45) is 0. The lowest BCUT2D eigenvalue weighted by Gasteiger charge is -2.30. The third-order valence-corrected chi connectivity index (χ3v) is 7.34. The van der Waals surface area contributed by atoms with Gasteiger partial charge in [0.15, 0.2) is 16.4 Å². The van der Waals surface area contributed by atoms with Crippen molar-refractivity contribution in [3.8, 4) is 11.5 Å². The van der Waals surface area contributed by atoms with Gasteiger partial charge in [0.1, 0.15) is 0 Å². The van der Waals surface area contributed by atoms with Crippen molar-refractivity contribution in [3.05, 3.63) is 94.4 Å². The van der Waals surface area contributed by atoms with Gasteiger partial charge < -0.3 is 14.8 Å². The van der Waals surface area contributed by atoms with Crippen molar-refractivity contribution in [2.45, 2.75) is 6.54 Å². The second-order valence-corrected chi connectivity index (χ2v) is 9.34. The summed E-state index contributed by atoms with van der Waals surface area (Å²) in [5.41, 5.74) is 3.03. The van der Waals surface area contributed by atoms with Crippen LogP contribution in [0.4, 0.5) is 5.69 Å². The number of hydrogen-bond donors (Lipinski definition) is 1. The highest BCUT2D eigenvalue weighted by Gasteiger charge is 2.39. The molecule has 0 bridgehead atoms. The van der Waals surface area contributed by atoms with E-state index in [4.69, 9.17) is 9.47 Å². The molecule has 3 aromatic rings. The molecule has 0 unspecified atom stereocenters. The van der Waals surface area contributed by atoms with Crippen LogP contribution in [0.1, 0.15) is 16.7 Å². The second-order valence-electron chi connectivity index (χ2n) is 7.43. The molecule has 0 aliphatic carbocycles. The number of nitrogens with zero attached hydrogens (tertiary/aromatic N) is 1. The zero-order chi connectivity index (χ0) is 22.3. The van der Waals surface area contributed by atoms with Crippen LogP contribution in [0.3, 0.4) is 0 Å². The maximum Gasteiger partial charge on any atom is 0.270 e. The molecule has 2 aliphatic heterocycles. The summed E-state index contributed by atoms with van der Waals surface area (Å²) in [5, 5.41) is 2.77. The number of amides is 1. The number of anilines is 1. The maximum atomic E-state index is 13.4. The summed E-state index contributed by atoms with van der Waals surface area (Å²) < 4.78 is 38.7. The molecule has 3 aromatic carbocycles. The van der Waals surface area contributed by atoms with Crippen LogP contribution in [0.5, 0.6) is 11.5 Å². The standard InChI is InChI=1S/C24H20N2O5S/c1-26-19-10-6-5-9-18(19)22(17-7-3-2-4-8-17)23(32(26,28)29)24(27)25-14-16-11-12-20-21(13-16)31-15-30-20/h2-13H,14-15H2,1H3,(H,25,27). The van der Waals surface area contributed by atoms with E-state index < -0.39 is 15.9 Å². The number of hydrogen-bond acceptors (Lipinski definition) is 5. The number of carbonyl (C=O) groups excluding carboxylic acids is 1. The van der Waals surface area contributed by atoms with E-state index in [1.807, 2.05) is 30.3 Å². The molecule has 2 heterocycles. The van der Waals surface area contributed by atoms with Crippen LogP contribution in [0.2, 0.25) is 0 Å². The van der Waals surface area contributed by atoms with Gasteiger partial charge in [-0.25, -0.2) is 8.42 Å². The molecule has 0 spiro atoms. The van der Waals surface area contributed by atoms with Crippen molar-refractivity contribution in [2.75, 3.05) is 18.1 Å². The van der Waals surface area contributed by atoms with E-state index in [2.05, 4.69) is 5.32 Å². The molecule has 1 amide bonds. The molecule has 32 heavy (non-hydrogen) atoms. The first-order valence-corrected chi connectivity index (χ1v) is 11.5. The summed E-state index contributed by atoms with van der Waals surface area (Å²) >= 11 is 0. The highest BCUT2D eigenvalue weighted by molar-refractivity contribution is 7.97. The van der Waals surface area contributed by atoms with Crippen LogP contribution in [0.25, 0.3) is 5.57 Å². The molecule has 0 aromatic heterocycles. The number of para-hydroxylation sites is 1. The Morgan fingerprint density at radius 1 is 0.969 bits per heavy atom. The van der Waals surface area contributed by atoms with Gasteiger partial charge in [0.2, 0.25) is 6.79 Å². The fraction of sp³-hybridized carbons (Fsp3) is 0.125. The Morgan fingerprint density at radius 3 is 2.50 bits per heavy atom. The fourth-order valence-corrected chi connectivity index (χ4v) is 5.40. The number of nitrogens with one attached hydrogen (secondary N) is 1. The SMILES string of the molecule is CN1c2ccccc2C(c2ccccc2)=C(C(=O)NCc2ccc3c(c2)OCO3)S1(=O)=O. The van der Waals surface area contributed by atoms with Gasteiger partial charge in [0.05, 0.1) is 5.69 Å². The molecule has 8 heteroatoms. The van der Waals surface area contributed by atoms with E-state index in [1.165, 1.54) is 7.05 Å². The molecule has 0 radical (unpaired) electrons. The van der Waals surface area contributed by atoms with Crippen molar-refractivity contribution in [2.24, 2.45) is 0 Å². The highest BCUT2D eigenvalue weighted by Crippen LogP contribution is 2.42. The van der Waals surface area contributed by atoms with Crippen LogP contribution < -0.4 is 19.1 Å². The molecule has 5 rings (SSSR count). The number of ether oxygens (including phenoxy) is 2. The van der Waals surface area contributed by atoms with Gasteiger partial charge in [-0.15, -0.1) is 0 Å². The number of fused-ring (bicyclic) bond motifs is 2. The van der Waals surface area contributed by atoms with E-state index in [9.17, 15) is 13.2 Å². The van der Waals surface area contributed by atoms with Gasteiger partial charge in [-0.05, 0) is 29.3 Å². The van der Waals surface area contributed by atoms with E-state index >= 15 is 0 Å². The predicted molar refractivity (Wildman–Crippen MR) is 121 cm³/mol. The number of rotatable bonds is 4. The highest BCUT2D eigenvalue weighted by atomic mass is 32.2. The summed E-state index contributed by atoms with van der Waals surface area (Å²) in [7, 11) is -2.61. The van der Waals surface area contributed by atoms with Crippen LogP contribution in [-0.2, 0) is 21.4 Å². The normalized spacial score (nSPS) is 16.0. The van der Waals surface area contributed by atoms with Crippen molar-refractivity contribution in [3.63, 3.8) is 0 Å². The zero-order valence-corrected chi connectivity index (χ0v) is 18.1. The maximum absolute atomic E-state index is 13.4. The monoisotopic (exact) mass is 448 g/mol. The van der Waals surface area contributed by atoms with Gasteiger partial charge in [0.25, 0.3) is 15.9 Å². The minimum absolute atomic E-state index is 0.141. The number of benzene rings is 3. The molecule has 2 aliphatic rings. The molecule has 162 valence electrons. The van der Waals surface area contributed by atoms with Gasteiger partial charge in [-0.2, -0.15) is 0 Å². The molecular weight excluding hydrogens is 428 g/mol. The fourth-order valence-electron chi connectivity index (χ4n) is 3.91. The average molecular weight is 449 g/mol. The predicted octanol–water partition coefficient (Wildman–Crippen LogP) is 3.27. The van der Waals surface area contributed by atoms with Crippen LogP contribution >= 0.6 is 0 Å². The zero-order valence-electron chi connectivity index (χ0n) is 17.2. The lowest BCUT2D eigenvalue weighted by Crippen LogP contribution is -2.39. The Labute approximate surface area is 185 Å². The third-order valence-electron chi connectivity index (χ3n) is 5.52. The van der Waals surface area contributed by atoms with Crippen LogP contribution in [0, 0.1) is 0 Å². The molecule has 1 N–H and O–H groups in total. The first kappa shape index (κ1) is 20.1. The lowest BCUT2D eigenvalue weighted by atomic mass is 9.95. The molecule has 0 saturated heterocycles. The average Bonchev–Trinajstić information content (AvgIpc) is 3.28. The van der Waals surface area contributed by atoms with Gasteiger partial charge in [0, 0.05) is 24.7 Å². The molecule has 0 atom stereocenters. The van der Waals surface area contributed by atoms with Crippen molar-refractivity contribution in [1.29, 1.82) is 0 Å². The topological polar surface area (TPSA) is 84.9 Å². The Morgan fingerprint density at radius 2 is 1.69 bits per heavy atom. The Hall–Kier alpha value is -3.78. The summed E-state index contributed by atoms with van der Waals surface area (Å²) in [6, 6.07) is 21.6. The minimum atomic E-state index is -4.07. The van der Waals surface area contributed by atoms with Crippen LogP contribution in [0.15, 0.2) is 77.7 Å². The van der Waals surface area contributed by atoms with Crippen molar-refractivity contribution >= 4 is 27.2 Å². The smallest absolute Gasteiger partial charge is 0.270 e. The van der Waals surface area contributed by atoms with Gasteiger partial charge in [-0.1, -0.05) is 54.6 Å². The van der Waals surface area contributed by atoms with Crippen LogP contribution in [-0.4, -0.2) is 28.2 Å². The van der Waals surface area contributed by atoms with E-state index in [1.54, 1.807) is 42.5 Å². The van der Waals surface area contributed by atoms with Gasteiger partial charge >= 0.3 is 0 Å². The summed E-state index contributed by atoms with van der Waals surface area (Å²) in [5.74, 6) is 0.574. The Kier molecular flexibility index (Phi) is 4.86. The number of carbonyl (C=O) groups is 1. The van der Waals surface area contributed by atoms with E-state index in [-0.39, 0.29) is 18.2 Å². The molecule has 7 nitrogen and oxygen atoms in total. The van der Waals surface area contributed by atoms with Crippen molar-refractivity contribution in [1.82, 2.24) is 5.32 Å². The lowest BCUT2D eigenvalue weighted by molar-refractivity contribution is -0.117. The first-order chi connectivity index (χ1) is 15.5. The quantitative estimate of drug-likeness (QED) is 0.662. The second kappa shape index (κ2) is 7.72. The van der Waals surface area contributed by atoms with Crippen molar-refractivity contribution < 1.29 is 22.7 Å². The largest absolute Gasteiger partial charge is 0.454 e. The third kappa shape index (κ3) is 3.29. The molecule has 0 saturated carbocycles. The minimum Gasteiger partial charge on any atom is -0.454 e.